The van der Waals surface area contributed by atoms with Crippen molar-refractivity contribution in [2.24, 2.45) is 0 Å². The van der Waals surface area contributed by atoms with Crippen LogP contribution < -0.4 is 10.6 Å². The lowest BCUT2D eigenvalue weighted by Crippen LogP contribution is -2.46. The smallest absolute Gasteiger partial charge is 0.411 e. The molecule has 1 heterocycles. The number of ether oxygens (including phenoxy) is 1. The summed E-state index contributed by atoms with van der Waals surface area (Å²) < 4.78 is 18.9. The highest BCUT2D eigenvalue weighted by Crippen LogP contribution is 2.34. The molecule has 7 nitrogen and oxygen atoms in total. The first-order chi connectivity index (χ1) is 16.5. The monoisotopic (exact) mass is 461 g/mol. The number of hydrogen-bond donors (Lipinski definition) is 2. The fraction of sp³-hybridized carbons (Fsp3) is 0.192. The van der Waals surface area contributed by atoms with Gasteiger partial charge in [-0.1, -0.05) is 42.5 Å². The third-order valence-corrected chi connectivity index (χ3v) is 5.50. The maximum Gasteiger partial charge on any atom is 0.411 e. The largest absolute Gasteiger partial charge is 0.438 e. The van der Waals surface area contributed by atoms with Crippen LogP contribution >= 0.6 is 0 Å². The first kappa shape index (κ1) is 23.0. The molecule has 2 atom stereocenters. The van der Waals surface area contributed by atoms with Crippen molar-refractivity contribution in [2.75, 3.05) is 11.9 Å². The number of benzene rings is 3. The molecule has 4 rings (SSSR count). The van der Waals surface area contributed by atoms with E-state index < -0.39 is 18.2 Å². The fourth-order valence-corrected chi connectivity index (χ4v) is 3.82. The first-order valence-corrected chi connectivity index (χ1v) is 10.9. The average molecular weight is 461 g/mol. The Morgan fingerprint density at radius 2 is 1.65 bits per heavy atom. The second-order valence-corrected chi connectivity index (χ2v) is 7.84. The van der Waals surface area contributed by atoms with Crippen molar-refractivity contribution in [3.05, 3.63) is 101 Å². The maximum atomic E-state index is 13.3. The zero-order valence-corrected chi connectivity index (χ0v) is 18.5. The second kappa shape index (κ2) is 10.2. The summed E-state index contributed by atoms with van der Waals surface area (Å²) in [6.07, 6.45) is -1.47. The molecule has 3 aromatic rings. The lowest BCUT2D eigenvalue weighted by atomic mass is 10.00. The highest BCUT2D eigenvalue weighted by molar-refractivity contribution is 6.04. The van der Waals surface area contributed by atoms with Crippen LogP contribution in [0.3, 0.4) is 0 Å². The van der Waals surface area contributed by atoms with Gasteiger partial charge in [-0.3, -0.25) is 14.5 Å². The molecule has 1 fully saturated rings. The molecule has 1 aliphatic heterocycles. The van der Waals surface area contributed by atoms with Crippen LogP contribution in [0.5, 0.6) is 0 Å². The Labute approximate surface area is 196 Å². The molecule has 0 aliphatic carbocycles. The van der Waals surface area contributed by atoms with E-state index in [0.29, 0.717) is 28.9 Å². The van der Waals surface area contributed by atoms with Crippen LogP contribution in [0, 0.1) is 5.82 Å². The number of amides is 3. The van der Waals surface area contributed by atoms with Crippen molar-refractivity contribution in [3.8, 4) is 0 Å². The Morgan fingerprint density at radius 1 is 0.971 bits per heavy atom. The van der Waals surface area contributed by atoms with Gasteiger partial charge in [0.15, 0.2) is 12.1 Å². The Hall–Kier alpha value is -4.20. The topological polar surface area (TPSA) is 87.7 Å². The molecule has 2 N–H and O–H groups in total. The molecule has 2 unspecified atom stereocenters. The highest BCUT2D eigenvalue weighted by atomic mass is 19.1. The first-order valence-electron chi connectivity index (χ1n) is 10.9. The number of carbonyl (C=O) groups excluding carboxylic acids is 3. The van der Waals surface area contributed by atoms with Crippen molar-refractivity contribution < 1.29 is 23.5 Å². The van der Waals surface area contributed by atoms with Crippen molar-refractivity contribution in [1.82, 2.24) is 10.2 Å². The van der Waals surface area contributed by atoms with Gasteiger partial charge >= 0.3 is 6.09 Å². The van der Waals surface area contributed by atoms with Crippen LogP contribution in [-0.2, 0) is 16.1 Å². The number of anilines is 1. The lowest BCUT2D eigenvalue weighted by molar-refractivity contribution is -0.126. The van der Waals surface area contributed by atoms with Crippen molar-refractivity contribution in [3.63, 3.8) is 0 Å². The van der Waals surface area contributed by atoms with E-state index in [4.69, 9.17) is 4.74 Å². The van der Waals surface area contributed by atoms with E-state index in [1.54, 1.807) is 67.6 Å². The molecule has 1 aliphatic rings. The number of carbonyl (C=O) groups is 3. The summed E-state index contributed by atoms with van der Waals surface area (Å²) >= 11 is 0. The molecule has 0 bridgehead atoms. The van der Waals surface area contributed by atoms with Crippen molar-refractivity contribution in [1.29, 1.82) is 0 Å². The zero-order chi connectivity index (χ0) is 24.1. The van der Waals surface area contributed by atoms with Gasteiger partial charge in [0.05, 0.1) is 6.54 Å². The van der Waals surface area contributed by atoms with E-state index in [-0.39, 0.29) is 24.2 Å². The number of nitrogens with one attached hydrogen (secondary N) is 2. The minimum absolute atomic E-state index is 0.0998. The quantitative estimate of drug-likeness (QED) is 0.550. The lowest BCUT2D eigenvalue weighted by Gasteiger charge is -2.24. The highest BCUT2D eigenvalue weighted by Gasteiger charge is 2.46. The van der Waals surface area contributed by atoms with Gasteiger partial charge in [-0.15, -0.1) is 0 Å². The van der Waals surface area contributed by atoms with Gasteiger partial charge in [-0.05, 0) is 54.4 Å². The molecular weight excluding hydrogens is 437 g/mol. The average Bonchev–Trinajstić information content (AvgIpc) is 3.17. The summed E-state index contributed by atoms with van der Waals surface area (Å²) in [5.41, 5.74) is 2.39. The normalized spacial score (nSPS) is 17.2. The molecular formula is C26H24FN3O4. The molecule has 8 heteroatoms. The van der Waals surface area contributed by atoms with E-state index in [2.05, 4.69) is 10.6 Å². The van der Waals surface area contributed by atoms with E-state index in [1.807, 2.05) is 6.07 Å². The second-order valence-electron chi connectivity index (χ2n) is 7.84. The summed E-state index contributed by atoms with van der Waals surface area (Å²) in [5, 5.41) is 5.58. The molecule has 174 valence electrons. The summed E-state index contributed by atoms with van der Waals surface area (Å²) in [6, 6.07) is 20.5. The number of cyclic esters (lactones) is 1. The summed E-state index contributed by atoms with van der Waals surface area (Å²) in [5.74, 6) is -0.974. The molecule has 3 aromatic carbocycles. The molecule has 3 amide bonds. The molecule has 34 heavy (non-hydrogen) atoms. The Bertz CT molecular complexity index is 1170. The standard InChI is InChI=1S/C26H24FN3O4/c1-2-28-25(32)22-23(34-26(33)30(22)16-17-8-12-20(27)13-9-17)18-10-14-21(15-11-18)29-24(31)19-6-4-3-5-7-19/h3-15,22-23H,2,16H2,1H3,(H,28,32)(H,29,31). The molecule has 0 spiro atoms. The maximum absolute atomic E-state index is 13.3. The van der Waals surface area contributed by atoms with E-state index in [0.717, 1.165) is 0 Å². The van der Waals surface area contributed by atoms with Gasteiger partial charge in [0.1, 0.15) is 5.82 Å². The summed E-state index contributed by atoms with van der Waals surface area (Å²) in [6.45, 7) is 2.28. The third kappa shape index (κ3) is 5.06. The van der Waals surface area contributed by atoms with Gasteiger partial charge in [-0.2, -0.15) is 0 Å². The summed E-state index contributed by atoms with van der Waals surface area (Å²) in [4.78, 5) is 39.3. The third-order valence-electron chi connectivity index (χ3n) is 5.50. The number of hydrogen-bond acceptors (Lipinski definition) is 4. The van der Waals surface area contributed by atoms with Crippen LogP contribution in [0.1, 0.15) is 34.5 Å². The minimum Gasteiger partial charge on any atom is -0.438 e. The van der Waals surface area contributed by atoms with E-state index >= 15 is 0 Å². The van der Waals surface area contributed by atoms with Crippen molar-refractivity contribution in [2.45, 2.75) is 25.6 Å². The van der Waals surface area contributed by atoms with Crippen LogP contribution in [0.15, 0.2) is 78.9 Å². The SMILES string of the molecule is CCNC(=O)C1C(c2ccc(NC(=O)c3ccccc3)cc2)OC(=O)N1Cc1ccc(F)cc1. The Morgan fingerprint density at radius 3 is 2.29 bits per heavy atom. The number of rotatable bonds is 7. The zero-order valence-electron chi connectivity index (χ0n) is 18.5. The van der Waals surface area contributed by atoms with Crippen molar-refractivity contribution >= 4 is 23.6 Å². The molecule has 0 saturated carbocycles. The van der Waals surface area contributed by atoms with E-state index in [1.165, 1.54) is 17.0 Å². The van der Waals surface area contributed by atoms with Crippen LogP contribution in [0.4, 0.5) is 14.9 Å². The van der Waals surface area contributed by atoms with E-state index in [9.17, 15) is 18.8 Å². The molecule has 1 saturated heterocycles. The number of halogens is 1. The van der Waals surface area contributed by atoms with Gasteiger partial charge < -0.3 is 15.4 Å². The van der Waals surface area contributed by atoms with Crippen LogP contribution in [0.25, 0.3) is 0 Å². The van der Waals surface area contributed by atoms with Crippen LogP contribution in [0.2, 0.25) is 0 Å². The fourth-order valence-electron chi connectivity index (χ4n) is 3.82. The predicted octanol–water partition coefficient (Wildman–Crippen LogP) is 4.28. The van der Waals surface area contributed by atoms with Crippen LogP contribution in [-0.4, -0.2) is 35.4 Å². The number of likely N-dealkylation sites (N-methyl/N-ethyl adjacent to an activating group) is 1. The predicted molar refractivity (Wildman–Crippen MR) is 124 cm³/mol. The summed E-state index contributed by atoms with van der Waals surface area (Å²) in [7, 11) is 0. The Balaban J connectivity index is 1.54. The van der Waals surface area contributed by atoms with Gasteiger partial charge in [0.25, 0.3) is 5.91 Å². The molecule has 0 aromatic heterocycles. The Kier molecular flexibility index (Phi) is 6.87. The minimum atomic E-state index is -0.901. The number of nitrogens with zero attached hydrogens (tertiary/aromatic N) is 1. The molecule has 0 radical (unpaired) electrons. The van der Waals surface area contributed by atoms with Gasteiger partial charge in [0.2, 0.25) is 5.91 Å². The van der Waals surface area contributed by atoms with Gasteiger partial charge in [-0.25, -0.2) is 9.18 Å². The van der Waals surface area contributed by atoms with Gasteiger partial charge in [0, 0.05) is 17.8 Å².